The zero-order chi connectivity index (χ0) is 26.1. The van der Waals surface area contributed by atoms with Crippen molar-refractivity contribution in [2.24, 2.45) is 4.99 Å². The maximum Gasteiger partial charge on any atom is 0.338 e. The number of esters is 1. The number of carbonyl (C=O) groups excluding carboxylic acids is 1. The number of fused-ring (bicyclic) bond motifs is 1. The van der Waals surface area contributed by atoms with Crippen LogP contribution >= 0.6 is 43.2 Å². The maximum absolute atomic E-state index is 13.8. The Morgan fingerprint density at radius 1 is 1.19 bits per heavy atom. The van der Waals surface area contributed by atoms with E-state index >= 15 is 0 Å². The van der Waals surface area contributed by atoms with Gasteiger partial charge in [-0.1, -0.05) is 61.4 Å². The summed E-state index contributed by atoms with van der Waals surface area (Å²) in [6.07, 6.45) is 1.76. The molecule has 0 bridgehead atoms. The zero-order valence-electron chi connectivity index (χ0n) is 20.6. The van der Waals surface area contributed by atoms with Gasteiger partial charge in [0.1, 0.15) is 11.8 Å². The minimum absolute atomic E-state index is 0.0865. The van der Waals surface area contributed by atoms with Crippen molar-refractivity contribution in [3.8, 4) is 5.75 Å². The lowest BCUT2D eigenvalue weighted by molar-refractivity contribution is -0.139. The molecule has 36 heavy (non-hydrogen) atoms. The summed E-state index contributed by atoms with van der Waals surface area (Å²) in [5.74, 6) is 0.110. The second-order valence-corrected chi connectivity index (χ2v) is 11.3. The van der Waals surface area contributed by atoms with Crippen molar-refractivity contribution in [3.05, 3.63) is 93.0 Å². The highest BCUT2D eigenvalue weighted by atomic mass is 79.9. The standard InChI is InChI=1S/C27H26Br2N2O4S/c1-6-34-26(33)23-16(5)30-27-31(24(23)18-9-7-8-10-21(18)35-14(2)3)25(32)22(36-27)13-17-11-19(28)15(4)20(29)12-17/h7-14,24H,6H2,1-5H3/b22-13-/t24-/m1/s1. The maximum atomic E-state index is 13.8. The van der Waals surface area contributed by atoms with Gasteiger partial charge in [-0.2, -0.15) is 0 Å². The van der Waals surface area contributed by atoms with E-state index in [-0.39, 0.29) is 18.3 Å². The van der Waals surface area contributed by atoms with E-state index in [4.69, 9.17) is 9.47 Å². The summed E-state index contributed by atoms with van der Waals surface area (Å²) in [5.41, 5.74) is 3.27. The molecule has 2 aromatic carbocycles. The van der Waals surface area contributed by atoms with Gasteiger partial charge in [0.05, 0.1) is 28.5 Å². The van der Waals surface area contributed by atoms with Gasteiger partial charge in [-0.05, 0) is 70.0 Å². The molecule has 1 aromatic heterocycles. The van der Waals surface area contributed by atoms with E-state index < -0.39 is 12.0 Å². The summed E-state index contributed by atoms with van der Waals surface area (Å²) in [6, 6.07) is 10.7. The van der Waals surface area contributed by atoms with Crippen LogP contribution in [0.3, 0.4) is 0 Å². The number of rotatable bonds is 6. The minimum atomic E-state index is -0.728. The second-order valence-electron chi connectivity index (χ2n) is 8.62. The fraction of sp³-hybridized carbons (Fsp3) is 0.296. The molecule has 0 saturated carbocycles. The number of para-hydroxylation sites is 1. The number of nitrogens with zero attached hydrogens (tertiary/aromatic N) is 2. The molecule has 0 N–H and O–H groups in total. The van der Waals surface area contributed by atoms with Gasteiger partial charge in [-0.25, -0.2) is 9.79 Å². The first-order chi connectivity index (χ1) is 17.1. The van der Waals surface area contributed by atoms with Crippen molar-refractivity contribution in [1.29, 1.82) is 0 Å². The van der Waals surface area contributed by atoms with Crippen LogP contribution in [0.1, 0.15) is 50.4 Å². The van der Waals surface area contributed by atoms with Gasteiger partial charge < -0.3 is 9.47 Å². The molecule has 6 nitrogen and oxygen atoms in total. The predicted octanol–water partition coefficient (Wildman–Crippen LogP) is 5.42. The van der Waals surface area contributed by atoms with Crippen LogP contribution in [0.2, 0.25) is 0 Å². The Hall–Kier alpha value is -2.49. The number of allylic oxidation sites excluding steroid dienone is 1. The van der Waals surface area contributed by atoms with Crippen LogP contribution in [0, 0.1) is 6.92 Å². The minimum Gasteiger partial charge on any atom is -0.491 e. The quantitative estimate of drug-likeness (QED) is 0.340. The molecule has 0 fully saturated rings. The number of benzene rings is 2. The summed E-state index contributed by atoms with van der Waals surface area (Å²) < 4.78 is 15.4. The van der Waals surface area contributed by atoms with Gasteiger partial charge in [-0.15, -0.1) is 0 Å². The molecule has 188 valence electrons. The number of thiazole rings is 1. The molecule has 4 rings (SSSR count). The van der Waals surface area contributed by atoms with E-state index in [0.29, 0.717) is 31.9 Å². The topological polar surface area (TPSA) is 69.9 Å². The molecular weight excluding hydrogens is 608 g/mol. The molecule has 0 unspecified atom stereocenters. The summed E-state index contributed by atoms with van der Waals surface area (Å²) >= 11 is 8.45. The lowest BCUT2D eigenvalue weighted by Gasteiger charge is -2.26. The van der Waals surface area contributed by atoms with E-state index in [2.05, 4.69) is 36.9 Å². The summed E-state index contributed by atoms with van der Waals surface area (Å²) in [4.78, 5) is 32.2. The van der Waals surface area contributed by atoms with Gasteiger partial charge in [0.2, 0.25) is 0 Å². The summed E-state index contributed by atoms with van der Waals surface area (Å²) in [6.45, 7) is 9.62. The third-order valence-electron chi connectivity index (χ3n) is 5.69. The van der Waals surface area contributed by atoms with Crippen molar-refractivity contribution in [1.82, 2.24) is 4.57 Å². The second kappa shape index (κ2) is 10.9. The number of hydrogen-bond donors (Lipinski definition) is 0. The Balaban J connectivity index is 1.99. The van der Waals surface area contributed by atoms with Crippen LogP contribution in [0.4, 0.5) is 0 Å². The number of hydrogen-bond acceptors (Lipinski definition) is 6. The van der Waals surface area contributed by atoms with Crippen molar-refractivity contribution >= 4 is 55.2 Å². The van der Waals surface area contributed by atoms with Gasteiger partial charge in [0.15, 0.2) is 4.80 Å². The first-order valence-corrected chi connectivity index (χ1v) is 13.9. The molecule has 3 aromatic rings. The number of ether oxygens (including phenoxy) is 2. The highest BCUT2D eigenvalue weighted by Crippen LogP contribution is 2.36. The number of aromatic nitrogens is 1. The Morgan fingerprint density at radius 2 is 1.86 bits per heavy atom. The number of halogens is 2. The Kier molecular flexibility index (Phi) is 8.02. The third-order valence-corrected chi connectivity index (χ3v) is 8.32. The molecule has 0 aliphatic carbocycles. The van der Waals surface area contributed by atoms with Crippen LogP contribution in [0.5, 0.6) is 5.75 Å². The molecule has 1 aliphatic heterocycles. The normalized spacial score (nSPS) is 15.7. The molecule has 9 heteroatoms. The Bertz CT molecular complexity index is 1530. The molecule has 1 aliphatic rings. The Morgan fingerprint density at radius 3 is 2.50 bits per heavy atom. The van der Waals surface area contributed by atoms with E-state index in [9.17, 15) is 9.59 Å². The molecule has 0 saturated heterocycles. The summed E-state index contributed by atoms with van der Waals surface area (Å²) in [7, 11) is 0. The molecule has 0 spiro atoms. The highest BCUT2D eigenvalue weighted by molar-refractivity contribution is 9.11. The fourth-order valence-corrected chi connectivity index (χ4v) is 6.32. The van der Waals surface area contributed by atoms with Crippen molar-refractivity contribution in [3.63, 3.8) is 0 Å². The average molecular weight is 634 g/mol. The first kappa shape index (κ1) is 26.6. The van der Waals surface area contributed by atoms with Crippen LogP contribution < -0.4 is 19.6 Å². The predicted molar refractivity (Wildman–Crippen MR) is 149 cm³/mol. The average Bonchev–Trinajstić information content (AvgIpc) is 3.11. The fourth-order valence-electron chi connectivity index (χ4n) is 4.05. The lowest BCUT2D eigenvalue weighted by atomic mass is 9.95. The highest BCUT2D eigenvalue weighted by Gasteiger charge is 2.35. The van der Waals surface area contributed by atoms with Gasteiger partial charge >= 0.3 is 5.97 Å². The van der Waals surface area contributed by atoms with Crippen LogP contribution in [-0.4, -0.2) is 23.2 Å². The Labute approximate surface area is 230 Å². The van der Waals surface area contributed by atoms with Crippen LogP contribution in [0.25, 0.3) is 6.08 Å². The van der Waals surface area contributed by atoms with Gasteiger partial charge in [0.25, 0.3) is 5.56 Å². The van der Waals surface area contributed by atoms with Crippen molar-refractivity contribution in [2.45, 2.75) is 46.8 Å². The van der Waals surface area contributed by atoms with E-state index in [1.54, 1.807) is 18.4 Å². The SMILES string of the molecule is CCOC(=O)C1=C(C)N=c2s/c(=C\c3cc(Br)c(C)c(Br)c3)c(=O)n2[C@@H]1c1ccccc1OC(C)C. The van der Waals surface area contributed by atoms with Gasteiger partial charge in [0, 0.05) is 14.5 Å². The van der Waals surface area contributed by atoms with Gasteiger partial charge in [-0.3, -0.25) is 9.36 Å². The largest absolute Gasteiger partial charge is 0.491 e. The third kappa shape index (κ3) is 5.14. The van der Waals surface area contributed by atoms with E-state index in [1.165, 1.54) is 11.3 Å². The van der Waals surface area contributed by atoms with Crippen LogP contribution in [0.15, 0.2) is 66.4 Å². The molecule has 1 atom stereocenters. The molecule has 0 radical (unpaired) electrons. The summed E-state index contributed by atoms with van der Waals surface area (Å²) in [5, 5.41) is 0. The van der Waals surface area contributed by atoms with Crippen molar-refractivity contribution < 1.29 is 14.3 Å². The van der Waals surface area contributed by atoms with E-state index in [0.717, 1.165) is 20.1 Å². The van der Waals surface area contributed by atoms with Crippen molar-refractivity contribution in [2.75, 3.05) is 6.61 Å². The molecular formula is C27H26Br2N2O4S. The molecule has 0 amide bonds. The van der Waals surface area contributed by atoms with Crippen LogP contribution in [-0.2, 0) is 9.53 Å². The first-order valence-electron chi connectivity index (χ1n) is 11.5. The number of carbonyl (C=O) groups is 1. The lowest BCUT2D eigenvalue weighted by Crippen LogP contribution is -2.40. The smallest absolute Gasteiger partial charge is 0.338 e. The zero-order valence-corrected chi connectivity index (χ0v) is 24.6. The van der Waals surface area contributed by atoms with E-state index in [1.807, 2.05) is 63.2 Å². The molecule has 2 heterocycles. The monoisotopic (exact) mass is 632 g/mol.